The van der Waals surface area contributed by atoms with E-state index in [1.54, 1.807) is 30.3 Å². The van der Waals surface area contributed by atoms with E-state index < -0.39 is 5.97 Å². The molecule has 3 rings (SSSR count). The number of aromatic hydroxyl groups is 1. The van der Waals surface area contributed by atoms with Crippen LogP contribution in [0, 0.1) is 13.8 Å². The third kappa shape index (κ3) is 5.48. The molecule has 3 aromatic rings. The highest BCUT2D eigenvalue weighted by atomic mass is 16.5. The molecule has 1 aromatic heterocycles. The van der Waals surface area contributed by atoms with Crippen molar-refractivity contribution >= 4 is 18.0 Å². The van der Waals surface area contributed by atoms with Gasteiger partial charge < -0.3 is 15.1 Å². The highest BCUT2D eigenvalue weighted by Crippen LogP contribution is 2.20. The summed E-state index contributed by atoms with van der Waals surface area (Å²) in [5.74, 6) is -0.843. The van der Waals surface area contributed by atoms with Crippen molar-refractivity contribution in [2.75, 3.05) is 0 Å². The number of hydrogen-bond donors (Lipinski definition) is 3. The average Bonchev–Trinajstić information content (AvgIpc) is 3.13. The number of aromatic nitrogens is 3. The van der Waals surface area contributed by atoms with Crippen LogP contribution in [0.3, 0.4) is 0 Å². The molecule has 9 nitrogen and oxygen atoms in total. The number of para-hydroxylation sites is 1. The van der Waals surface area contributed by atoms with Gasteiger partial charge in [-0.1, -0.05) is 45.8 Å². The molecule has 9 heteroatoms. The van der Waals surface area contributed by atoms with Gasteiger partial charge in [-0.2, -0.15) is 0 Å². The van der Waals surface area contributed by atoms with Gasteiger partial charge in [-0.05, 0) is 37.1 Å². The number of rotatable bonds is 4. The number of H-pyrrole nitrogens is 1. The Hall–Kier alpha value is -4.01. The molecular formula is C20H20N4O5. The van der Waals surface area contributed by atoms with Crippen molar-refractivity contribution < 1.29 is 24.6 Å². The molecule has 0 aliphatic heterocycles. The second-order valence-corrected chi connectivity index (χ2v) is 5.97. The first-order valence-electron chi connectivity index (χ1n) is 8.51. The average molecular weight is 396 g/mol. The van der Waals surface area contributed by atoms with Gasteiger partial charge in [0, 0.05) is 18.1 Å². The molecule has 0 aliphatic rings. The van der Waals surface area contributed by atoms with Gasteiger partial charge in [0.15, 0.2) is 5.69 Å². The van der Waals surface area contributed by atoms with E-state index >= 15 is 0 Å². The molecule has 0 fully saturated rings. The number of ether oxygens (including phenoxy) is 1. The van der Waals surface area contributed by atoms with Gasteiger partial charge >= 0.3 is 5.97 Å². The number of hydrogen-bond acceptors (Lipinski definition) is 8. The Morgan fingerprint density at radius 2 is 1.86 bits per heavy atom. The third-order valence-electron chi connectivity index (χ3n) is 3.97. The number of carbonyl (C=O) groups is 2. The molecule has 0 amide bonds. The summed E-state index contributed by atoms with van der Waals surface area (Å²) >= 11 is 0. The van der Waals surface area contributed by atoms with Gasteiger partial charge in [0.1, 0.15) is 5.75 Å². The van der Waals surface area contributed by atoms with Crippen molar-refractivity contribution in [2.45, 2.75) is 20.8 Å². The maximum Gasteiger partial charge on any atom is 0.309 e. The Morgan fingerprint density at radius 1 is 1.14 bits per heavy atom. The summed E-state index contributed by atoms with van der Waals surface area (Å²) in [6, 6.07) is 12.0. The molecule has 0 radical (unpaired) electrons. The smallest absolute Gasteiger partial charge is 0.309 e. The van der Waals surface area contributed by atoms with E-state index in [0.29, 0.717) is 11.1 Å². The van der Waals surface area contributed by atoms with Crippen molar-refractivity contribution in [1.29, 1.82) is 0 Å². The zero-order valence-corrected chi connectivity index (χ0v) is 16.1. The Morgan fingerprint density at radius 3 is 2.52 bits per heavy atom. The summed E-state index contributed by atoms with van der Waals surface area (Å²) in [5.41, 5.74) is 2.98. The molecule has 0 saturated heterocycles. The van der Waals surface area contributed by atoms with Gasteiger partial charge in [-0.3, -0.25) is 14.7 Å². The van der Waals surface area contributed by atoms with E-state index in [1.807, 2.05) is 19.9 Å². The van der Waals surface area contributed by atoms with Gasteiger partial charge in [0.05, 0.1) is 6.21 Å². The maximum atomic E-state index is 12.4. The molecule has 150 valence electrons. The Balaban J connectivity index is 0.000000253. The lowest BCUT2D eigenvalue weighted by Gasteiger charge is -2.06. The summed E-state index contributed by atoms with van der Waals surface area (Å²) in [4.78, 5) is 23.3. The van der Waals surface area contributed by atoms with E-state index in [4.69, 9.17) is 15.1 Å². The molecule has 0 aliphatic carbocycles. The van der Waals surface area contributed by atoms with Crippen LogP contribution in [0.25, 0.3) is 0 Å². The molecule has 2 aromatic carbocycles. The molecular weight excluding hydrogens is 376 g/mol. The number of oxime groups is 1. The number of aryl methyl sites for hydroxylation is 1. The van der Waals surface area contributed by atoms with E-state index in [9.17, 15) is 9.59 Å². The van der Waals surface area contributed by atoms with Gasteiger partial charge in [0.2, 0.25) is 5.78 Å². The number of esters is 1. The van der Waals surface area contributed by atoms with Crippen molar-refractivity contribution in [1.82, 2.24) is 15.4 Å². The number of benzene rings is 2. The molecule has 3 N–H and O–H groups in total. The zero-order valence-electron chi connectivity index (χ0n) is 16.1. The molecule has 0 unspecified atom stereocenters. The highest BCUT2D eigenvalue weighted by Gasteiger charge is 2.21. The van der Waals surface area contributed by atoms with Crippen LogP contribution in [-0.2, 0) is 4.79 Å². The summed E-state index contributed by atoms with van der Waals surface area (Å²) in [7, 11) is 0. The quantitative estimate of drug-likeness (QED) is 0.203. The van der Waals surface area contributed by atoms with Crippen LogP contribution in [0.2, 0.25) is 0 Å². The van der Waals surface area contributed by atoms with Crippen LogP contribution in [0.4, 0.5) is 0 Å². The first-order chi connectivity index (χ1) is 13.8. The van der Waals surface area contributed by atoms with Crippen LogP contribution in [-0.4, -0.2) is 43.7 Å². The third-order valence-corrected chi connectivity index (χ3v) is 3.97. The number of nitrogens with one attached hydrogen (secondary N) is 1. The maximum absolute atomic E-state index is 12.4. The Bertz CT molecular complexity index is 1040. The molecule has 1 heterocycles. The summed E-state index contributed by atoms with van der Waals surface area (Å²) in [6.07, 6.45) is 1.18. The van der Waals surface area contributed by atoms with Gasteiger partial charge in [0.25, 0.3) is 5.88 Å². The Kier molecular flexibility index (Phi) is 7.19. The molecule has 0 spiro atoms. The fourth-order valence-corrected chi connectivity index (χ4v) is 2.36. The standard InChI is InChI=1S/C13H13N3O3.C7H7NO2/c1-7-5-4-6-10(8(7)2)12(18)11-13(15-16-14-11)19-9(3)17;9-7-4-2-1-3-6(7)5-8-10/h4-6H,1-3H3,(H,14,15,16);1-5,9-10H. The van der Waals surface area contributed by atoms with Crippen molar-refractivity contribution in [3.8, 4) is 11.6 Å². The fraction of sp³-hybridized carbons (Fsp3) is 0.150. The monoisotopic (exact) mass is 396 g/mol. The predicted octanol–water partition coefficient (Wildman–Crippen LogP) is 2.78. The molecule has 29 heavy (non-hydrogen) atoms. The first kappa shape index (κ1) is 21.3. The van der Waals surface area contributed by atoms with E-state index in [1.165, 1.54) is 19.2 Å². The molecule has 0 atom stereocenters. The first-order valence-corrected chi connectivity index (χ1v) is 8.51. The highest BCUT2D eigenvalue weighted by molar-refractivity contribution is 6.10. The zero-order chi connectivity index (χ0) is 21.4. The lowest BCUT2D eigenvalue weighted by atomic mass is 9.99. The number of phenolic OH excluding ortho intramolecular Hbond substituents is 1. The van der Waals surface area contributed by atoms with Gasteiger partial charge in [-0.25, -0.2) is 0 Å². The minimum Gasteiger partial charge on any atom is -0.507 e. The topological polar surface area (TPSA) is 138 Å². The molecule has 0 saturated carbocycles. The SMILES string of the molecule is CC(=O)Oc1nn[nH]c1C(=O)c1cccc(C)c1C.ON=Cc1ccccc1O. The summed E-state index contributed by atoms with van der Waals surface area (Å²) in [5, 5.41) is 29.5. The van der Waals surface area contributed by atoms with Crippen LogP contribution >= 0.6 is 0 Å². The lowest BCUT2D eigenvalue weighted by molar-refractivity contribution is -0.132. The minimum absolute atomic E-state index is 0.0731. The number of aromatic amines is 1. The van der Waals surface area contributed by atoms with E-state index in [0.717, 1.165) is 11.1 Å². The summed E-state index contributed by atoms with van der Waals surface area (Å²) in [6.45, 7) is 5.02. The van der Waals surface area contributed by atoms with Crippen molar-refractivity contribution in [2.24, 2.45) is 5.16 Å². The minimum atomic E-state index is -0.552. The van der Waals surface area contributed by atoms with Crippen LogP contribution in [0.1, 0.15) is 39.7 Å². The Labute approximate surface area is 166 Å². The summed E-state index contributed by atoms with van der Waals surface area (Å²) < 4.78 is 4.83. The van der Waals surface area contributed by atoms with Crippen LogP contribution < -0.4 is 4.74 Å². The fourth-order valence-electron chi connectivity index (χ4n) is 2.36. The normalized spacial score (nSPS) is 10.3. The number of nitrogens with zero attached hydrogens (tertiary/aromatic N) is 3. The lowest BCUT2D eigenvalue weighted by Crippen LogP contribution is -2.10. The second kappa shape index (κ2) is 9.79. The van der Waals surface area contributed by atoms with Crippen molar-refractivity contribution in [3.63, 3.8) is 0 Å². The van der Waals surface area contributed by atoms with Crippen LogP contribution in [0.5, 0.6) is 11.6 Å². The predicted molar refractivity (Wildman–Crippen MR) is 105 cm³/mol. The van der Waals surface area contributed by atoms with Crippen LogP contribution in [0.15, 0.2) is 47.6 Å². The van der Waals surface area contributed by atoms with E-state index in [-0.39, 0.29) is 23.1 Å². The number of carbonyl (C=O) groups excluding carboxylic acids is 2. The van der Waals surface area contributed by atoms with Crippen molar-refractivity contribution in [3.05, 3.63) is 70.4 Å². The largest absolute Gasteiger partial charge is 0.507 e. The number of phenols is 1. The second-order valence-electron chi connectivity index (χ2n) is 5.97. The van der Waals surface area contributed by atoms with Gasteiger partial charge in [-0.15, -0.1) is 0 Å². The molecule has 0 bridgehead atoms. The number of ketones is 1. The van der Waals surface area contributed by atoms with E-state index in [2.05, 4.69) is 20.6 Å².